The zero-order valence-corrected chi connectivity index (χ0v) is 29.5. The van der Waals surface area contributed by atoms with Crippen LogP contribution in [0.1, 0.15) is 58.5 Å². The highest BCUT2D eigenvalue weighted by Crippen LogP contribution is 2.35. The van der Waals surface area contributed by atoms with E-state index in [-0.39, 0.29) is 83.8 Å². The summed E-state index contributed by atoms with van der Waals surface area (Å²) in [6.07, 6.45) is -3.29. The Morgan fingerprint density at radius 3 is 2.55 bits per heavy atom. The highest BCUT2D eigenvalue weighted by molar-refractivity contribution is 6.33. The molecule has 18 heteroatoms. The number of hydrogen-bond donors (Lipinski definition) is 2. The predicted molar refractivity (Wildman–Crippen MR) is 187 cm³/mol. The number of nitrogens with zero attached hydrogens (tertiary/aromatic N) is 8. The molecule has 53 heavy (non-hydrogen) atoms. The Kier molecular flexibility index (Phi) is 9.32. The molecule has 1 atom stereocenters. The van der Waals surface area contributed by atoms with Gasteiger partial charge in [0.15, 0.2) is 17.3 Å². The summed E-state index contributed by atoms with van der Waals surface area (Å²) in [6.45, 7) is 6.21. The second kappa shape index (κ2) is 13.8. The number of aromatic nitrogens is 6. The summed E-state index contributed by atoms with van der Waals surface area (Å²) in [7, 11) is 0. The van der Waals surface area contributed by atoms with Crippen LogP contribution in [-0.2, 0) is 35.3 Å². The van der Waals surface area contributed by atoms with Crippen LogP contribution in [0.15, 0.2) is 47.5 Å². The summed E-state index contributed by atoms with van der Waals surface area (Å²) >= 11 is 6.14. The van der Waals surface area contributed by atoms with Gasteiger partial charge < -0.3 is 29.5 Å². The van der Waals surface area contributed by atoms with Crippen LogP contribution in [-0.4, -0.2) is 77.1 Å². The minimum atomic E-state index is -4.62. The molecule has 14 nitrogen and oxygen atoms in total. The van der Waals surface area contributed by atoms with Crippen molar-refractivity contribution in [3.8, 4) is 17.1 Å². The van der Waals surface area contributed by atoms with E-state index in [2.05, 4.69) is 20.4 Å². The standard InChI is InChI=1S/C35H33ClF3N9O5/c1-4-26-29(45-9-11-46(12-10-45)32(51)28-30(50)18(2)40-17-41-28)33(52)48-34(43-31(44-48)20-5-6-21-16-53-19(3)23(21)13-20)47(26)15-27(49)42-25-8-7-22(14-24(25)36)35(37,38)39/h5-8,13-14,17,19,50H,4,9-12,15-16H2,1-3H3,(H,42,49)/t19-/m0/s1. The Labute approximate surface area is 304 Å². The second-order valence-electron chi connectivity index (χ2n) is 12.7. The molecular weight excluding hydrogens is 719 g/mol. The number of rotatable bonds is 7. The molecule has 2 aliphatic rings. The number of aromatic hydroxyl groups is 1. The SMILES string of the molecule is CCc1c(N2CCN(C(=O)c3ncnc(C)c3O)CC2)c(=O)n2nc(-c3ccc4c(c3)[C@H](C)OC4)nc2n1CC(=O)Nc1ccc(C(F)(F)F)cc1Cl. The normalized spacial score (nSPS) is 15.9. The van der Waals surface area contributed by atoms with Gasteiger partial charge in [-0.2, -0.15) is 22.7 Å². The number of anilines is 2. The first-order valence-corrected chi connectivity index (χ1v) is 17.1. The number of halogens is 4. The van der Waals surface area contributed by atoms with Crippen molar-refractivity contribution in [3.63, 3.8) is 0 Å². The van der Waals surface area contributed by atoms with Crippen LogP contribution in [0.3, 0.4) is 0 Å². The maximum Gasteiger partial charge on any atom is 0.416 e. The van der Waals surface area contributed by atoms with Gasteiger partial charge in [0.1, 0.15) is 18.6 Å². The fourth-order valence-corrected chi connectivity index (χ4v) is 6.86. The van der Waals surface area contributed by atoms with Gasteiger partial charge >= 0.3 is 6.18 Å². The lowest BCUT2D eigenvalue weighted by Crippen LogP contribution is -2.51. The van der Waals surface area contributed by atoms with Gasteiger partial charge in [0.2, 0.25) is 11.7 Å². The number of hydrogen-bond acceptors (Lipinski definition) is 10. The zero-order valence-electron chi connectivity index (χ0n) is 28.7. The molecule has 2 N–H and O–H groups in total. The molecule has 5 aromatic rings. The average Bonchev–Trinajstić information content (AvgIpc) is 3.75. The molecule has 0 bridgehead atoms. The summed E-state index contributed by atoms with van der Waals surface area (Å²) in [5.74, 6) is -1.11. The lowest BCUT2D eigenvalue weighted by atomic mass is 10.0. The number of fused-ring (bicyclic) bond motifs is 2. The number of alkyl halides is 3. The summed E-state index contributed by atoms with van der Waals surface area (Å²) in [4.78, 5) is 57.1. The van der Waals surface area contributed by atoms with Crippen molar-refractivity contribution in [1.29, 1.82) is 0 Å². The lowest BCUT2D eigenvalue weighted by Gasteiger charge is -2.36. The van der Waals surface area contributed by atoms with E-state index >= 15 is 0 Å². The summed E-state index contributed by atoms with van der Waals surface area (Å²) in [5.41, 5.74) is 2.01. The molecule has 7 rings (SSSR count). The Balaban J connectivity index is 1.26. The number of piperazine rings is 1. The molecule has 0 aliphatic carbocycles. The molecule has 0 unspecified atom stereocenters. The fourth-order valence-electron chi connectivity index (χ4n) is 6.63. The minimum Gasteiger partial charge on any atom is -0.504 e. The van der Waals surface area contributed by atoms with Gasteiger partial charge in [-0.3, -0.25) is 14.4 Å². The highest BCUT2D eigenvalue weighted by atomic mass is 35.5. The minimum absolute atomic E-state index is 0.0256. The van der Waals surface area contributed by atoms with E-state index < -0.39 is 35.7 Å². The molecule has 0 spiro atoms. The number of carbonyl (C=O) groups is 2. The topological polar surface area (TPSA) is 160 Å². The third-order valence-corrected chi connectivity index (χ3v) is 9.77. The maximum atomic E-state index is 14.3. The van der Waals surface area contributed by atoms with E-state index in [0.717, 1.165) is 33.8 Å². The molecule has 276 valence electrons. The molecule has 0 saturated carbocycles. The van der Waals surface area contributed by atoms with Crippen LogP contribution in [0.5, 0.6) is 5.75 Å². The van der Waals surface area contributed by atoms with Gasteiger partial charge in [0, 0.05) is 31.7 Å². The van der Waals surface area contributed by atoms with E-state index in [1.165, 1.54) is 11.2 Å². The maximum absolute atomic E-state index is 14.3. The van der Waals surface area contributed by atoms with Gasteiger partial charge in [0.25, 0.3) is 11.5 Å². The monoisotopic (exact) mass is 751 g/mol. The van der Waals surface area contributed by atoms with E-state index in [1.54, 1.807) is 11.5 Å². The number of ether oxygens (including phenoxy) is 1. The summed E-state index contributed by atoms with van der Waals surface area (Å²) < 4.78 is 48.2. The van der Waals surface area contributed by atoms with Crippen LogP contribution < -0.4 is 15.8 Å². The van der Waals surface area contributed by atoms with E-state index in [4.69, 9.17) is 21.3 Å². The van der Waals surface area contributed by atoms with Crippen molar-refractivity contribution >= 4 is 40.6 Å². The summed E-state index contributed by atoms with van der Waals surface area (Å²) in [5, 5.41) is 17.3. The molecular formula is C35H33ClF3N9O5. The molecule has 3 aromatic heterocycles. The van der Waals surface area contributed by atoms with Crippen molar-refractivity contribution in [2.75, 3.05) is 36.4 Å². The number of benzene rings is 2. The molecule has 2 aliphatic heterocycles. The molecule has 1 saturated heterocycles. The van der Waals surface area contributed by atoms with Gasteiger partial charge in [-0.15, -0.1) is 5.10 Å². The van der Waals surface area contributed by atoms with Crippen molar-refractivity contribution in [2.24, 2.45) is 0 Å². The first-order chi connectivity index (χ1) is 25.2. The number of aryl methyl sites for hydroxylation is 1. The van der Waals surface area contributed by atoms with E-state index in [0.29, 0.717) is 17.9 Å². The smallest absolute Gasteiger partial charge is 0.416 e. The van der Waals surface area contributed by atoms with Crippen molar-refractivity contribution in [2.45, 2.75) is 52.6 Å². The van der Waals surface area contributed by atoms with Crippen molar-refractivity contribution in [1.82, 2.24) is 34.0 Å². The largest absolute Gasteiger partial charge is 0.504 e. The second-order valence-corrected chi connectivity index (χ2v) is 13.1. The quantitative estimate of drug-likeness (QED) is 0.237. The lowest BCUT2D eigenvalue weighted by molar-refractivity contribution is -0.137. The Bertz CT molecular complexity index is 2340. The van der Waals surface area contributed by atoms with Crippen molar-refractivity contribution in [3.05, 3.63) is 91.9 Å². The first-order valence-electron chi connectivity index (χ1n) is 16.7. The van der Waals surface area contributed by atoms with Crippen LogP contribution in [0.2, 0.25) is 5.02 Å². The molecule has 2 amide bonds. The molecule has 2 aromatic carbocycles. The Morgan fingerprint density at radius 1 is 1.09 bits per heavy atom. The van der Waals surface area contributed by atoms with Crippen LogP contribution in [0, 0.1) is 6.92 Å². The van der Waals surface area contributed by atoms with Gasteiger partial charge in [-0.1, -0.05) is 30.7 Å². The number of nitrogens with one attached hydrogen (secondary N) is 1. The molecule has 0 radical (unpaired) electrons. The van der Waals surface area contributed by atoms with Crippen molar-refractivity contribution < 1.29 is 32.6 Å². The van der Waals surface area contributed by atoms with Crippen LogP contribution in [0.4, 0.5) is 24.5 Å². The van der Waals surface area contributed by atoms with E-state index in [1.807, 2.05) is 36.9 Å². The van der Waals surface area contributed by atoms with Gasteiger partial charge in [-0.25, -0.2) is 9.97 Å². The molecule has 1 fully saturated rings. The van der Waals surface area contributed by atoms with E-state index in [9.17, 15) is 32.7 Å². The zero-order chi connectivity index (χ0) is 37.8. The first kappa shape index (κ1) is 35.8. The van der Waals surface area contributed by atoms with Gasteiger partial charge in [0.05, 0.1) is 40.4 Å². The molecule has 5 heterocycles. The van der Waals surface area contributed by atoms with Crippen LogP contribution >= 0.6 is 11.6 Å². The van der Waals surface area contributed by atoms with Crippen LogP contribution in [0.25, 0.3) is 17.2 Å². The third-order valence-electron chi connectivity index (χ3n) is 9.45. The Morgan fingerprint density at radius 2 is 1.85 bits per heavy atom. The third kappa shape index (κ3) is 6.65. The van der Waals surface area contributed by atoms with Gasteiger partial charge in [-0.05, 0) is 55.7 Å². The Hall–Kier alpha value is -5.55. The summed E-state index contributed by atoms with van der Waals surface area (Å²) in [6, 6.07) is 8.28. The highest BCUT2D eigenvalue weighted by Gasteiger charge is 2.32. The predicted octanol–water partition coefficient (Wildman–Crippen LogP) is 4.79. The number of amides is 2. The number of carbonyl (C=O) groups excluding carboxylic acids is 2. The fraction of sp³-hybridized carbons (Fsp3) is 0.343. The average molecular weight is 752 g/mol.